The second-order valence-electron chi connectivity index (χ2n) is 6.21. The number of hydrogen-bond acceptors (Lipinski definition) is 4. The third-order valence-corrected chi connectivity index (χ3v) is 6.06. The van der Waals surface area contributed by atoms with E-state index in [1.54, 1.807) is 0 Å². The fourth-order valence-corrected chi connectivity index (χ4v) is 4.32. The lowest BCUT2D eigenvalue weighted by Gasteiger charge is -2.24. The van der Waals surface area contributed by atoms with Gasteiger partial charge in [-0.25, -0.2) is 13.4 Å². The highest BCUT2D eigenvalue weighted by Gasteiger charge is 2.28. The first-order valence-corrected chi connectivity index (χ1v) is 9.78. The average Bonchev–Trinajstić information content (AvgIpc) is 3.07. The molecule has 1 aromatic carbocycles. The van der Waals surface area contributed by atoms with E-state index >= 15 is 0 Å². The van der Waals surface area contributed by atoms with Crippen LogP contribution in [0, 0.1) is 6.92 Å². The topological polar surface area (TPSA) is 84.3 Å². The molecule has 7 nitrogen and oxygen atoms in total. The maximum absolute atomic E-state index is 12.6. The largest absolute Gasteiger partial charge is 0.327 e. The fraction of sp³-hybridized carbons (Fsp3) is 0.412. The molecule has 1 N–H and O–H groups in total. The van der Waals surface area contributed by atoms with E-state index in [0.29, 0.717) is 13.1 Å². The highest BCUT2D eigenvalue weighted by molar-refractivity contribution is 7.89. The van der Waals surface area contributed by atoms with Crippen molar-refractivity contribution in [1.82, 2.24) is 13.9 Å². The number of benzene rings is 1. The average molecular weight is 362 g/mol. The highest BCUT2D eigenvalue weighted by Crippen LogP contribution is 2.19. The van der Waals surface area contributed by atoms with Gasteiger partial charge in [0, 0.05) is 25.0 Å². The maximum atomic E-state index is 12.6. The standard InChI is InChI=1S/C17H22N4O3S/c1-14-7-3-4-8-15(14)19-16(22)11-20-12-17(18-13-20)25(23,24)21-9-5-2-6-10-21/h3-4,7-8,12-13H,2,5-6,9-11H2,1H3,(H,19,22). The number of rotatable bonds is 5. The summed E-state index contributed by atoms with van der Waals surface area (Å²) in [5.74, 6) is -0.228. The molecule has 1 aromatic heterocycles. The van der Waals surface area contributed by atoms with E-state index in [4.69, 9.17) is 0 Å². The lowest BCUT2D eigenvalue weighted by atomic mass is 10.2. The summed E-state index contributed by atoms with van der Waals surface area (Å²) >= 11 is 0. The Balaban J connectivity index is 1.67. The summed E-state index contributed by atoms with van der Waals surface area (Å²) < 4.78 is 28.1. The molecule has 0 atom stereocenters. The zero-order chi connectivity index (χ0) is 17.9. The van der Waals surface area contributed by atoms with Crippen LogP contribution in [0.15, 0.2) is 41.8 Å². The first-order chi connectivity index (χ1) is 12.0. The van der Waals surface area contributed by atoms with E-state index in [-0.39, 0.29) is 17.5 Å². The lowest BCUT2D eigenvalue weighted by Crippen LogP contribution is -2.35. The summed E-state index contributed by atoms with van der Waals surface area (Å²) in [6, 6.07) is 7.49. The van der Waals surface area contributed by atoms with E-state index in [9.17, 15) is 13.2 Å². The first-order valence-electron chi connectivity index (χ1n) is 8.34. The minimum atomic E-state index is -3.57. The number of sulfonamides is 1. The second kappa shape index (κ2) is 7.37. The first kappa shape index (κ1) is 17.6. The number of carbonyl (C=O) groups excluding carboxylic acids is 1. The van der Waals surface area contributed by atoms with Gasteiger partial charge in [-0.05, 0) is 31.4 Å². The molecule has 0 unspecified atom stereocenters. The molecule has 1 amide bonds. The van der Waals surface area contributed by atoms with Crippen LogP contribution in [0.4, 0.5) is 5.69 Å². The molecular formula is C17H22N4O3S. The van der Waals surface area contributed by atoms with Gasteiger partial charge in [-0.1, -0.05) is 24.6 Å². The smallest absolute Gasteiger partial charge is 0.262 e. The maximum Gasteiger partial charge on any atom is 0.262 e. The van der Waals surface area contributed by atoms with Gasteiger partial charge in [0.05, 0.1) is 6.33 Å². The monoisotopic (exact) mass is 362 g/mol. The molecule has 25 heavy (non-hydrogen) atoms. The van der Waals surface area contributed by atoms with Crippen LogP contribution in [-0.2, 0) is 21.4 Å². The van der Waals surface area contributed by atoms with Gasteiger partial charge in [0.15, 0.2) is 5.03 Å². The third kappa shape index (κ3) is 4.08. The number of nitrogens with zero attached hydrogens (tertiary/aromatic N) is 3. The van der Waals surface area contributed by atoms with Crippen LogP contribution < -0.4 is 5.32 Å². The number of anilines is 1. The summed E-state index contributed by atoms with van der Waals surface area (Å²) in [5.41, 5.74) is 1.71. The molecule has 0 saturated carbocycles. The Morgan fingerprint density at radius 2 is 1.92 bits per heavy atom. The summed E-state index contributed by atoms with van der Waals surface area (Å²) in [7, 11) is -3.57. The molecule has 2 heterocycles. The van der Waals surface area contributed by atoms with Crippen LogP contribution in [0.5, 0.6) is 0 Å². The number of piperidine rings is 1. The van der Waals surface area contributed by atoms with Gasteiger partial charge in [0.2, 0.25) is 5.91 Å². The Morgan fingerprint density at radius 1 is 1.20 bits per heavy atom. The summed E-state index contributed by atoms with van der Waals surface area (Å²) in [6.45, 7) is 2.99. The number of amides is 1. The van der Waals surface area contributed by atoms with E-state index in [2.05, 4.69) is 10.3 Å². The van der Waals surface area contributed by atoms with Gasteiger partial charge in [-0.3, -0.25) is 4.79 Å². The lowest BCUT2D eigenvalue weighted by molar-refractivity contribution is -0.116. The van der Waals surface area contributed by atoms with E-state index in [1.807, 2.05) is 31.2 Å². The summed E-state index contributed by atoms with van der Waals surface area (Å²) in [6.07, 6.45) is 5.60. The molecule has 0 spiro atoms. The van der Waals surface area contributed by atoms with Crippen LogP contribution in [-0.4, -0.2) is 41.3 Å². The van der Waals surface area contributed by atoms with Crippen LogP contribution in [0.1, 0.15) is 24.8 Å². The Bertz CT molecular complexity index is 854. The molecule has 1 aliphatic heterocycles. The Hall–Kier alpha value is -2.19. The number of hydrogen-bond donors (Lipinski definition) is 1. The van der Waals surface area contributed by atoms with Crippen molar-refractivity contribution in [3.8, 4) is 0 Å². The van der Waals surface area contributed by atoms with E-state index < -0.39 is 10.0 Å². The van der Waals surface area contributed by atoms with Crippen molar-refractivity contribution >= 4 is 21.6 Å². The van der Waals surface area contributed by atoms with Gasteiger partial charge in [0.1, 0.15) is 6.54 Å². The number of aryl methyl sites for hydroxylation is 1. The predicted octanol–water partition coefficient (Wildman–Crippen LogP) is 2.00. The van der Waals surface area contributed by atoms with Crippen LogP contribution in [0.2, 0.25) is 0 Å². The molecular weight excluding hydrogens is 340 g/mol. The van der Waals surface area contributed by atoms with Crippen molar-refractivity contribution in [3.63, 3.8) is 0 Å². The highest BCUT2D eigenvalue weighted by atomic mass is 32.2. The molecule has 0 aliphatic carbocycles. The Morgan fingerprint density at radius 3 is 2.64 bits per heavy atom. The Kier molecular flexibility index (Phi) is 5.19. The summed E-state index contributed by atoms with van der Waals surface area (Å²) in [4.78, 5) is 16.2. The molecule has 134 valence electrons. The zero-order valence-electron chi connectivity index (χ0n) is 14.2. The number of imidazole rings is 1. The van der Waals surface area contributed by atoms with Crippen molar-refractivity contribution in [3.05, 3.63) is 42.4 Å². The van der Waals surface area contributed by atoms with Gasteiger partial charge < -0.3 is 9.88 Å². The van der Waals surface area contributed by atoms with Gasteiger partial charge in [-0.2, -0.15) is 4.31 Å². The van der Waals surface area contributed by atoms with Crippen molar-refractivity contribution < 1.29 is 13.2 Å². The van der Waals surface area contributed by atoms with Crippen LogP contribution >= 0.6 is 0 Å². The quantitative estimate of drug-likeness (QED) is 0.882. The molecule has 1 aliphatic rings. The van der Waals surface area contributed by atoms with Crippen LogP contribution in [0.25, 0.3) is 0 Å². The molecule has 0 radical (unpaired) electrons. The predicted molar refractivity (Wildman–Crippen MR) is 94.6 cm³/mol. The molecule has 8 heteroatoms. The normalized spacial score (nSPS) is 15.9. The third-order valence-electron chi connectivity index (χ3n) is 4.27. The molecule has 2 aromatic rings. The molecule has 1 saturated heterocycles. The SMILES string of the molecule is Cc1ccccc1NC(=O)Cn1cnc(S(=O)(=O)N2CCCCC2)c1. The fourth-order valence-electron chi connectivity index (χ4n) is 2.87. The molecule has 3 rings (SSSR count). The van der Waals surface area contributed by atoms with Crippen molar-refractivity contribution in [1.29, 1.82) is 0 Å². The minimum absolute atomic E-state index is 0.00177. The van der Waals surface area contributed by atoms with Crippen LogP contribution in [0.3, 0.4) is 0 Å². The second-order valence-corrected chi connectivity index (χ2v) is 8.10. The minimum Gasteiger partial charge on any atom is -0.327 e. The van der Waals surface area contributed by atoms with Crippen molar-refractivity contribution in [2.24, 2.45) is 0 Å². The molecule has 0 bridgehead atoms. The zero-order valence-corrected chi connectivity index (χ0v) is 15.0. The van der Waals surface area contributed by atoms with Crippen molar-refractivity contribution in [2.45, 2.75) is 37.8 Å². The van der Waals surface area contributed by atoms with Gasteiger partial charge in [0.25, 0.3) is 10.0 Å². The summed E-state index contributed by atoms with van der Waals surface area (Å²) in [5, 5.41) is 2.82. The van der Waals surface area contributed by atoms with E-state index in [0.717, 1.165) is 30.5 Å². The van der Waals surface area contributed by atoms with Gasteiger partial charge in [-0.15, -0.1) is 0 Å². The number of aromatic nitrogens is 2. The number of para-hydroxylation sites is 1. The van der Waals surface area contributed by atoms with E-state index in [1.165, 1.54) is 21.4 Å². The van der Waals surface area contributed by atoms with Crippen molar-refractivity contribution in [2.75, 3.05) is 18.4 Å². The number of nitrogens with one attached hydrogen (secondary N) is 1. The van der Waals surface area contributed by atoms with Gasteiger partial charge >= 0.3 is 0 Å². The Labute approximate surface area is 147 Å². The number of carbonyl (C=O) groups is 1. The molecule has 1 fully saturated rings.